The summed E-state index contributed by atoms with van der Waals surface area (Å²) in [6.45, 7) is 5.76. The van der Waals surface area contributed by atoms with Crippen LogP contribution < -0.4 is 0 Å². The third-order valence-corrected chi connectivity index (χ3v) is 5.11. The third kappa shape index (κ3) is 2.54. The van der Waals surface area contributed by atoms with Gasteiger partial charge in [0.05, 0.1) is 5.37 Å². The number of hydrogen-bond donors (Lipinski definition) is 1. The molecule has 2 rings (SSSR count). The van der Waals surface area contributed by atoms with E-state index in [1.807, 2.05) is 39.0 Å². The van der Waals surface area contributed by atoms with Gasteiger partial charge in [0, 0.05) is 11.3 Å². The number of rotatable bonds is 3. The zero-order valence-electron chi connectivity index (χ0n) is 11.9. The molecule has 4 nitrogen and oxygen atoms in total. The number of carboxylic acid groups (broad SMARTS) is 1. The lowest BCUT2D eigenvalue weighted by atomic mass is 10.0. The van der Waals surface area contributed by atoms with Crippen LogP contribution in [0.25, 0.3) is 0 Å². The fourth-order valence-electron chi connectivity index (χ4n) is 2.62. The molecule has 1 aliphatic rings. The number of aryl methyl sites for hydroxylation is 2. The number of carboxylic acids is 1. The maximum absolute atomic E-state index is 12.8. The molecule has 1 heterocycles. The van der Waals surface area contributed by atoms with Gasteiger partial charge in [-0.3, -0.25) is 4.79 Å². The van der Waals surface area contributed by atoms with E-state index in [1.54, 1.807) is 16.7 Å². The lowest BCUT2D eigenvalue weighted by Gasteiger charge is -2.28. The van der Waals surface area contributed by atoms with Gasteiger partial charge in [-0.25, -0.2) is 4.79 Å². The highest BCUT2D eigenvalue weighted by Crippen LogP contribution is 2.33. The zero-order chi connectivity index (χ0) is 14.9. The van der Waals surface area contributed by atoms with Crippen LogP contribution in [0.15, 0.2) is 18.2 Å². The van der Waals surface area contributed by atoms with E-state index in [0.29, 0.717) is 11.3 Å². The Morgan fingerprint density at radius 2 is 1.95 bits per heavy atom. The van der Waals surface area contributed by atoms with E-state index in [0.717, 1.165) is 17.5 Å². The van der Waals surface area contributed by atoms with Gasteiger partial charge < -0.3 is 10.0 Å². The largest absolute Gasteiger partial charge is 0.480 e. The first-order valence-electron chi connectivity index (χ1n) is 6.70. The number of carbonyl (C=O) groups is 2. The normalized spacial score (nSPS) is 22.1. The summed E-state index contributed by atoms with van der Waals surface area (Å²) in [5, 5.41) is 9.27. The van der Waals surface area contributed by atoms with Gasteiger partial charge >= 0.3 is 5.97 Å². The molecule has 0 spiro atoms. The first kappa shape index (κ1) is 14.9. The number of benzene rings is 1. The molecular weight excluding hydrogens is 274 g/mol. The van der Waals surface area contributed by atoms with Gasteiger partial charge in [0.15, 0.2) is 0 Å². The van der Waals surface area contributed by atoms with Crippen molar-refractivity contribution < 1.29 is 14.7 Å². The number of thioether (sulfide) groups is 1. The molecule has 108 valence electrons. The quantitative estimate of drug-likeness (QED) is 0.931. The molecule has 1 fully saturated rings. The first-order chi connectivity index (χ1) is 9.47. The second kappa shape index (κ2) is 5.87. The SMILES string of the molecule is CCC1SCC(C(=O)O)N1C(=O)c1c(C)cccc1C. The third-order valence-electron chi connectivity index (χ3n) is 3.66. The molecule has 1 aromatic carbocycles. The maximum Gasteiger partial charge on any atom is 0.327 e. The second-order valence-corrected chi connectivity index (χ2v) is 6.24. The monoisotopic (exact) mass is 293 g/mol. The van der Waals surface area contributed by atoms with Crippen molar-refractivity contribution in [1.82, 2.24) is 4.90 Å². The highest BCUT2D eigenvalue weighted by molar-refractivity contribution is 8.00. The van der Waals surface area contributed by atoms with Crippen LogP contribution in [0.3, 0.4) is 0 Å². The maximum atomic E-state index is 12.8. The van der Waals surface area contributed by atoms with Crippen LogP contribution >= 0.6 is 11.8 Å². The van der Waals surface area contributed by atoms with Crippen molar-refractivity contribution in [2.45, 2.75) is 38.6 Å². The molecule has 0 aliphatic carbocycles. The number of aliphatic carboxylic acids is 1. The zero-order valence-corrected chi connectivity index (χ0v) is 12.7. The minimum atomic E-state index is -0.923. The Morgan fingerprint density at radius 1 is 1.35 bits per heavy atom. The van der Waals surface area contributed by atoms with Gasteiger partial charge in [-0.05, 0) is 31.4 Å². The molecular formula is C15H19NO3S. The van der Waals surface area contributed by atoms with Crippen molar-refractivity contribution in [2.75, 3.05) is 5.75 Å². The van der Waals surface area contributed by atoms with Gasteiger partial charge in [-0.2, -0.15) is 0 Å². The summed E-state index contributed by atoms with van der Waals surface area (Å²) in [5.74, 6) is -0.622. The number of nitrogens with zero attached hydrogens (tertiary/aromatic N) is 1. The molecule has 1 amide bonds. The van der Waals surface area contributed by atoms with Crippen LogP contribution in [0.5, 0.6) is 0 Å². The summed E-state index contributed by atoms with van der Waals surface area (Å²) in [7, 11) is 0. The standard InChI is InChI=1S/C15H19NO3S/c1-4-12-16(11(8-20-12)15(18)19)14(17)13-9(2)6-5-7-10(13)3/h5-7,11-12H,4,8H2,1-3H3,(H,18,19). The molecule has 1 N–H and O–H groups in total. The van der Waals surface area contributed by atoms with Gasteiger partial charge in [0.2, 0.25) is 0 Å². The van der Waals surface area contributed by atoms with E-state index in [2.05, 4.69) is 0 Å². The van der Waals surface area contributed by atoms with E-state index in [9.17, 15) is 14.7 Å². The molecule has 1 aromatic rings. The van der Waals surface area contributed by atoms with E-state index in [1.165, 1.54) is 0 Å². The smallest absolute Gasteiger partial charge is 0.327 e. The Labute approximate surface area is 123 Å². The fourth-order valence-corrected chi connectivity index (χ4v) is 3.97. The lowest BCUT2D eigenvalue weighted by Crippen LogP contribution is -2.45. The van der Waals surface area contributed by atoms with Crippen molar-refractivity contribution in [3.8, 4) is 0 Å². The first-order valence-corrected chi connectivity index (χ1v) is 7.75. The van der Waals surface area contributed by atoms with Gasteiger partial charge in [0.1, 0.15) is 6.04 Å². The topological polar surface area (TPSA) is 57.6 Å². The molecule has 2 unspecified atom stereocenters. The van der Waals surface area contributed by atoms with Crippen LogP contribution in [0.1, 0.15) is 34.8 Å². The average Bonchev–Trinajstić information content (AvgIpc) is 2.82. The lowest BCUT2D eigenvalue weighted by molar-refractivity contribution is -0.141. The Kier molecular flexibility index (Phi) is 4.38. The fraction of sp³-hybridized carbons (Fsp3) is 0.467. The summed E-state index contributed by atoms with van der Waals surface area (Å²) in [5.41, 5.74) is 2.43. The molecule has 1 saturated heterocycles. The molecule has 1 aliphatic heterocycles. The predicted octanol–water partition coefficient (Wildman–Crippen LogP) is 2.68. The molecule has 0 radical (unpaired) electrons. The van der Waals surface area contributed by atoms with E-state index >= 15 is 0 Å². The van der Waals surface area contributed by atoms with Crippen LogP contribution in [-0.2, 0) is 4.79 Å². The summed E-state index contributed by atoms with van der Waals surface area (Å²) in [6, 6.07) is 4.96. The Bertz CT molecular complexity index is 524. The second-order valence-electron chi connectivity index (χ2n) is 5.03. The van der Waals surface area contributed by atoms with Crippen LogP contribution in [0.2, 0.25) is 0 Å². The predicted molar refractivity (Wildman–Crippen MR) is 80.0 cm³/mol. The molecule has 5 heteroatoms. The Balaban J connectivity index is 2.41. The van der Waals surface area contributed by atoms with E-state index < -0.39 is 12.0 Å². The number of amides is 1. The Morgan fingerprint density at radius 3 is 2.45 bits per heavy atom. The van der Waals surface area contributed by atoms with Crippen molar-refractivity contribution in [2.24, 2.45) is 0 Å². The summed E-state index contributed by atoms with van der Waals surface area (Å²) in [4.78, 5) is 25.7. The van der Waals surface area contributed by atoms with Crippen LogP contribution in [-0.4, -0.2) is 39.1 Å². The Hall–Kier alpha value is -1.49. The van der Waals surface area contributed by atoms with Crippen LogP contribution in [0, 0.1) is 13.8 Å². The van der Waals surface area contributed by atoms with Crippen molar-refractivity contribution in [3.05, 3.63) is 34.9 Å². The summed E-state index contributed by atoms with van der Waals surface area (Å²) in [6.07, 6.45) is 0.755. The average molecular weight is 293 g/mol. The van der Waals surface area contributed by atoms with Gasteiger partial charge in [0.25, 0.3) is 5.91 Å². The number of carbonyl (C=O) groups excluding carboxylic acids is 1. The van der Waals surface area contributed by atoms with Crippen molar-refractivity contribution in [3.63, 3.8) is 0 Å². The minimum Gasteiger partial charge on any atom is -0.480 e. The molecule has 0 saturated carbocycles. The highest BCUT2D eigenvalue weighted by Gasteiger charge is 2.41. The van der Waals surface area contributed by atoms with Gasteiger partial charge in [-0.15, -0.1) is 11.8 Å². The molecule has 0 aromatic heterocycles. The van der Waals surface area contributed by atoms with Gasteiger partial charge in [-0.1, -0.05) is 25.1 Å². The van der Waals surface area contributed by atoms with Crippen molar-refractivity contribution >= 4 is 23.6 Å². The van der Waals surface area contributed by atoms with E-state index in [4.69, 9.17) is 0 Å². The number of hydrogen-bond acceptors (Lipinski definition) is 3. The molecule has 20 heavy (non-hydrogen) atoms. The summed E-state index contributed by atoms with van der Waals surface area (Å²) < 4.78 is 0. The van der Waals surface area contributed by atoms with Crippen molar-refractivity contribution in [1.29, 1.82) is 0 Å². The molecule has 0 bridgehead atoms. The minimum absolute atomic E-state index is 0.0531. The van der Waals surface area contributed by atoms with Crippen LogP contribution in [0.4, 0.5) is 0 Å². The molecule has 2 atom stereocenters. The summed E-state index contributed by atoms with van der Waals surface area (Å²) >= 11 is 1.55. The van der Waals surface area contributed by atoms with E-state index in [-0.39, 0.29) is 11.3 Å². The highest BCUT2D eigenvalue weighted by atomic mass is 32.2.